The summed E-state index contributed by atoms with van der Waals surface area (Å²) in [6.45, 7) is 3.15. The van der Waals surface area contributed by atoms with Gasteiger partial charge in [0.15, 0.2) is 0 Å². The molecule has 2 aromatic rings. The first-order valence-corrected chi connectivity index (χ1v) is 9.88. The van der Waals surface area contributed by atoms with Crippen molar-refractivity contribution in [3.63, 3.8) is 0 Å². The van der Waals surface area contributed by atoms with Crippen molar-refractivity contribution in [1.82, 2.24) is 10.2 Å². The van der Waals surface area contributed by atoms with Crippen molar-refractivity contribution in [2.75, 3.05) is 13.1 Å². The summed E-state index contributed by atoms with van der Waals surface area (Å²) in [6.07, 6.45) is 5.90. The smallest absolute Gasteiger partial charge is 0.117 e. The van der Waals surface area contributed by atoms with E-state index in [9.17, 15) is 5.11 Å². The average Bonchev–Trinajstić information content (AvgIpc) is 3.25. The maximum absolute atomic E-state index is 9.69. The van der Waals surface area contributed by atoms with E-state index >= 15 is 0 Å². The van der Waals surface area contributed by atoms with Gasteiger partial charge in [-0.15, -0.1) is 11.3 Å². The molecule has 0 bridgehead atoms. The molecule has 1 atom stereocenters. The van der Waals surface area contributed by atoms with Crippen LogP contribution in [0.4, 0.5) is 0 Å². The third-order valence-electron chi connectivity index (χ3n) is 5.43. The van der Waals surface area contributed by atoms with Crippen molar-refractivity contribution >= 4 is 11.3 Å². The molecule has 0 spiro atoms. The first kappa shape index (κ1) is 16.3. The minimum atomic E-state index is -0.0885. The lowest BCUT2D eigenvalue weighted by Crippen LogP contribution is -2.47. The van der Waals surface area contributed by atoms with Crippen LogP contribution in [0, 0.1) is 5.92 Å². The lowest BCUT2D eigenvalue weighted by Gasteiger charge is -2.41. The summed E-state index contributed by atoms with van der Waals surface area (Å²) in [5.74, 6) is 1.64. The quantitative estimate of drug-likeness (QED) is 0.842. The van der Waals surface area contributed by atoms with Crippen LogP contribution in [-0.2, 0) is 6.54 Å². The molecule has 1 saturated carbocycles. The van der Waals surface area contributed by atoms with Gasteiger partial charge in [-0.05, 0) is 55.2 Å². The number of likely N-dealkylation sites (tertiary alicyclic amines) is 1. The molecule has 2 aliphatic rings. The van der Waals surface area contributed by atoms with Gasteiger partial charge >= 0.3 is 0 Å². The van der Waals surface area contributed by atoms with Crippen LogP contribution in [-0.4, -0.2) is 35.2 Å². The predicted octanol–water partition coefficient (Wildman–Crippen LogP) is 3.41. The monoisotopic (exact) mass is 346 g/mol. The molecule has 4 nitrogen and oxygen atoms in total. The number of aliphatic hydroxyl groups excluding tert-OH is 1. The highest BCUT2D eigenvalue weighted by atomic mass is 32.1. The Morgan fingerprint density at radius 3 is 2.71 bits per heavy atom. The standard InChI is InChI=1S/C19H26N2O2S/c22-16-11-14(12-16)19(18-4-2-10-24-18)20-15-5-7-21(8-6-15)13-17-3-1-9-23-17/h1-4,9-10,14-16,19-20,22H,5-8,11-13H2/t14?,16?,19-/m0/s1. The number of hydrogen-bond donors (Lipinski definition) is 2. The maximum Gasteiger partial charge on any atom is 0.117 e. The Morgan fingerprint density at radius 1 is 1.25 bits per heavy atom. The molecule has 3 heterocycles. The Bertz CT molecular complexity index is 599. The number of piperidine rings is 1. The van der Waals surface area contributed by atoms with Crippen molar-refractivity contribution in [2.24, 2.45) is 5.92 Å². The summed E-state index contributed by atoms with van der Waals surface area (Å²) >= 11 is 1.83. The first-order valence-electron chi connectivity index (χ1n) is 9.00. The molecule has 0 radical (unpaired) electrons. The molecule has 130 valence electrons. The molecule has 2 aromatic heterocycles. The van der Waals surface area contributed by atoms with Crippen molar-refractivity contribution in [2.45, 2.75) is 50.4 Å². The van der Waals surface area contributed by atoms with Gasteiger partial charge in [-0.25, -0.2) is 0 Å². The number of thiophene rings is 1. The van der Waals surface area contributed by atoms with E-state index in [2.05, 4.69) is 33.8 Å². The normalized spacial score (nSPS) is 27.0. The number of nitrogens with one attached hydrogen (secondary N) is 1. The molecule has 1 saturated heterocycles. The molecule has 2 N–H and O–H groups in total. The SMILES string of the molecule is OC1CC([C@H](NC2CCN(Cc3ccco3)CC2)c2cccs2)C1. The molecule has 24 heavy (non-hydrogen) atoms. The topological polar surface area (TPSA) is 48.6 Å². The third kappa shape index (κ3) is 3.75. The van der Waals surface area contributed by atoms with E-state index in [1.54, 1.807) is 6.26 Å². The van der Waals surface area contributed by atoms with Crippen LogP contribution < -0.4 is 5.32 Å². The fraction of sp³-hybridized carbons (Fsp3) is 0.579. The van der Waals surface area contributed by atoms with Crippen molar-refractivity contribution in [1.29, 1.82) is 0 Å². The van der Waals surface area contributed by atoms with Gasteiger partial charge < -0.3 is 14.8 Å². The van der Waals surface area contributed by atoms with Crippen LogP contribution in [0.1, 0.15) is 42.4 Å². The van der Waals surface area contributed by atoms with Gasteiger partial charge in [0, 0.05) is 30.1 Å². The Morgan fingerprint density at radius 2 is 2.08 bits per heavy atom. The second-order valence-corrected chi connectivity index (χ2v) is 8.15. The summed E-state index contributed by atoms with van der Waals surface area (Å²) in [5.41, 5.74) is 0. The van der Waals surface area contributed by atoms with Crippen molar-refractivity contribution in [3.8, 4) is 0 Å². The Hall–Kier alpha value is -1.14. The summed E-state index contributed by atoms with van der Waals surface area (Å²) in [7, 11) is 0. The fourth-order valence-electron chi connectivity index (χ4n) is 3.96. The minimum absolute atomic E-state index is 0.0885. The van der Waals surface area contributed by atoms with Gasteiger partial charge in [-0.3, -0.25) is 4.90 Å². The molecule has 5 heteroatoms. The van der Waals surface area contributed by atoms with Crippen molar-refractivity contribution < 1.29 is 9.52 Å². The Balaban J connectivity index is 1.31. The lowest BCUT2D eigenvalue weighted by molar-refractivity contribution is 0.0202. The zero-order valence-corrected chi connectivity index (χ0v) is 14.8. The van der Waals surface area contributed by atoms with Crippen LogP contribution in [0.2, 0.25) is 0 Å². The molecule has 0 amide bonds. The number of furan rings is 1. The van der Waals surface area contributed by atoms with Gasteiger partial charge in [0.05, 0.1) is 18.9 Å². The number of rotatable bonds is 6. The van der Waals surface area contributed by atoms with Crippen LogP contribution in [0.15, 0.2) is 40.3 Å². The minimum Gasteiger partial charge on any atom is -0.468 e. The highest BCUT2D eigenvalue weighted by Crippen LogP contribution is 2.40. The Kier molecular flexibility index (Phi) is 5.03. The average molecular weight is 346 g/mol. The van der Waals surface area contributed by atoms with Crippen LogP contribution in [0.5, 0.6) is 0 Å². The van der Waals surface area contributed by atoms with Crippen LogP contribution in [0.25, 0.3) is 0 Å². The number of hydrogen-bond acceptors (Lipinski definition) is 5. The molecule has 2 fully saturated rings. The zero-order valence-electron chi connectivity index (χ0n) is 13.9. The van der Waals surface area contributed by atoms with Gasteiger partial charge in [0.2, 0.25) is 0 Å². The van der Waals surface area contributed by atoms with Crippen LogP contribution >= 0.6 is 11.3 Å². The van der Waals surface area contributed by atoms with E-state index in [1.165, 1.54) is 17.7 Å². The molecule has 0 aromatic carbocycles. The van der Waals surface area contributed by atoms with Gasteiger partial charge in [0.25, 0.3) is 0 Å². The van der Waals surface area contributed by atoms with Crippen LogP contribution in [0.3, 0.4) is 0 Å². The zero-order chi connectivity index (χ0) is 16.4. The lowest BCUT2D eigenvalue weighted by atomic mass is 9.76. The summed E-state index contributed by atoms with van der Waals surface area (Å²) in [4.78, 5) is 3.90. The highest BCUT2D eigenvalue weighted by Gasteiger charge is 2.36. The third-order valence-corrected chi connectivity index (χ3v) is 6.39. The molecule has 1 aliphatic heterocycles. The summed E-state index contributed by atoms with van der Waals surface area (Å²) < 4.78 is 5.46. The molecular weight excluding hydrogens is 320 g/mol. The van der Waals surface area contributed by atoms with E-state index in [4.69, 9.17) is 4.42 Å². The second-order valence-electron chi connectivity index (χ2n) is 7.17. The second kappa shape index (κ2) is 7.40. The number of aliphatic hydroxyl groups is 1. The van der Waals surface area contributed by atoms with Gasteiger partial charge in [0.1, 0.15) is 5.76 Å². The molecule has 1 aliphatic carbocycles. The summed E-state index contributed by atoms with van der Waals surface area (Å²) in [6, 6.07) is 9.37. The van der Waals surface area contributed by atoms with Gasteiger partial charge in [-0.1, -0.05) is 6.07 Å². The van der Waals surface area contributed by atoms with E-state index < -0.39 is 0 Å². The highest BCUT2D eigenvalue weighted by molar-refractivity contribution is 7.10. The number of nitrogens with zero attached hydrogens (tertiary/aromatic N) is 1. The largest absolute Gasteiger partial charge is 0.468 e. The predicted molar refractivity (Wildman–Crippen MR) is 95.9 cm³/mol. The van der Waals surface area contributed by atoms with E-state index in [0.29, 0.717) is 18.0 Å². The van der Waals surface area contributed by atoms with Crippen molar-refractivity contribution in [3.05, 3.63) is 46.5 Å². The summed E-state index contributed by atoms with van der Waals surface area (Å²) in [5, 5.41) is 15.8. The fourth-order valence-corrected chi connectivity index (χ4v) is 4.83. The molecular formula is C19H26N2O2S. The van der Waals surface area contributed by atoms with Gasteiger partial charge in [-0.2, -0.15) is 0 Å². The molecule has 0 unspecified atom stereocenters. The Labute approximate surface area is 147 Å². The van der Waals surface area contributed by atoms with E-state index in [-0.39, 0.29) is 6.10 Å². The van der Waals surface area contributed by atoms with E-state index in [1.807, 2.05) is 17.4 Å². The maximum atomic E-state index is 9.69. The first-order chi connectivity index (χ1) is 11.8. The molecule has 4 rings (SSSR count). The van der Waals surface area contributed by atoms with E-state index in [0.717, 1.165) is 38.2 Å².